The number of aromatic nitrogens is 6. The Kier molecular flexibility index (Phi) is 3.39. The molecule has 0 aliphatic rings. The summed E-state index contributed by atoms with van der Waals surface area (Å²) in [6, 6.07) is 13.0. The van der Waals surface area contributed by atoms with Crippen LogP contribution in [0.3, 0.4) is 0 Å². The molecule has 2 heterocycles. The van der Waals surface area contributed by atoms with E-state index in [-0.39, 0.29) is 0 Å². The highest BCUT2D eigenvalue weighted by molar-refractivity contribution is 6.30. The van der Waals surface area contributed by atoms with Crippen molar-refractivity contribution in [2.24, 2.45) is 0 Å². The Morgan fingerprint density at radius 3 is 2.91 bits per heavy atom. The van der Waals surface area contributed by atoms with Crippen LogP contribution in [0, 0.1) is 0 Å². The van der Waals surface area contributed by atoms with Crippen molar-refractivity contribution in [3.05, 3.63) is 65.7 Å². The van der Waals surface area contributed by atoms with Crippen molar-refractivity contribution >= 4 is 22.6 Å². The van der Waals surface area contributed by atoms with Gasteiger partial charge in [0.25, 0.3) is 0 Å². The van der Waals surface area contributed by atoms with Crippen LogP contribution in [0.4, 0.5) is 0 Å². The fourth-order valence-electron chi connectivity index (χ4n) is 2.26. The molecule has 0 radical (unpaired) electrons. The molecule has 0 atom stereocenters. The zero-order valence-corrected chi connectivity index (χ0v) is 12.6. The summed E-state index contributed by atoms with van der Waals surface area (Å²) < 4.78 is 1.69. The van der Waals surface area contributed by atoms with Gasteiger partial charge in [-0.3, -0.25) is 0 Å². The molecule has 0 aliphatic carbocycles. The van der Waals surface area contributed by atoms with Gasteiger partial charge < -0.3 is 4.84 Å². The normalized spacial score (nSPS) is 11.0. The second-order valence-electron chi connectivity index (χ2n) is 4.89. The Labute approximate surface area is 136 Å². The van der Waals surface area contributed by atoms with Gasteiger partial charge in [-0.15, -0.1) is 5.10 Å². The quantitative estimate of drug-likeness (QED) is 0.576. The van der Waals surface area contributed by atoms with Crippen molar-refractivity contribution in [2.75, 3.05) is 0 Å². The maximum absolute atomic E-state index is 6.10. The molecule has 114 valence electrons. The van der Waals surface area contributed by atoms with Crippen LogP contribution < -0.4 is 4.84 Å². The molecule has 4 aromatic rings. The van der Waals surface area contributed by atoms with Gasteiger partial charge in [-0.2, -0.15) is 5.10 Å². The smallest absolute Gasteiger partial charge is 0.163 e. The maximum atomic E-state index is 6.10. The molecule has 8 heteroatoms. The lowest BCUT2D eigenvalue weighted by atomic mass is 10.2. The molecule has 0 fully saturated rings. The highest BCUT2D eigenvalue weighted by Crippen LogP contribution is 2.24. The van der Waals surface area contributed by atoms with Crippen molar-refractivity contribution in [1.29, 1.82) is 0 Å². The number of halogens is 1. The Bertz CT molecular complexity index is 950. The van der Waals surface area contributed by atoms with Crippen molar-refractivity contribution in [3.8, 4) is 5.75 Å². The summed E-state index contributed by atoms with van der Waals surface area (Å²) in [4.78, 5) is 11.2. The minimum atomic E-state index is 0.489. The molecule has 0 unspecified atom stereocenters. The molecule has 0 saturated heterocycles. The maximum Gasteiger partial charge on any atom is 0.163 e. The molecule has 7 nitrogen and oxygen atoms in total. The minimum Gasteiger partial charge on any atom is -0.356 e. The van der Waals surface area contributed by atoms with Crippen LogP contribution >= 0.6 is 11.6 Å². The van der Waals surface area contributed by atoms with Crippen molar-refractivity contribution < 1.29 is 4.84 Å². The van der Waals surface area contributed by atoms with Crippen LogP contribution in [-0.2, 0) is 6.54 Å². The first-order chi connectivity index (χ1) is 11.3. The van der Waals surface area contributed by atoms with E-state index in [0.717, 1.165) is 16.6 Å². The summed E-state index contributed by atoms with van der Waals surface area (Å²) in [5.41, 5.74) is 2.41. The molecule has 4 rings (SSSR count). The third kappa shape index (κ3) is 2.74. The van der Waals surface area contributed by atoms with E-state index in [1.165, 1.54) is 11.2 Å². The lowest BCUT2D eigenvalue weighted by molar-refractivity contribution is 0.182. The summed E-state index contributed by atoms with van der Waals surface area (Å²) in [6.45, 7) is 0.489. The first kappa shape index (κ1) is 13.7. The zero-order valence-electron chi connectivity index (χ0n) is 11.9. The molecule has 23 heavy (non-hydrogen) atoms. The van der Waals surface area contributed by atoms with Crippen LogP contribution in [0.5, 0.6) is 5.75 Å². The lowest BCUT2D eigenvalue weighted by Crippen LogP contribution is -2.10. The first-order valence-corrected chi connectivity index (χ1v) is 7.27. The summed E-state index contributed by atoms with van der Waals surface area (Å²) in [7, 11) is 0. The molecule has 0 amide bonds. The Morgan fingerprint density at radius 1 is 1.13 bits per heavy atom. The third-order valence-corrected chi connectivity index (χ3v) is 3.56. The highest BCUT2D eigenvalue weighted by Gasteiger charge is 2.11. The Morgan fingerprint density at radius 2 is 2.04 bits per heavy atom. The molecule has 2 aromatic heterocycles. The molecular weight excluding hydrogens is 316 g/mol. The number of benzene rings is 2. The fraction of sp³-hybridized carbons (Fsp3) is 0.0667. The molecule has 0 aliphatic heterocycles. The molecule has 0 bridgehead atoms. The SMILES string of the molecule is Clc1ccc(On2nnc3ccccc32)c(Cn2cncn2)c1. The van der Waals surface area contributed by atoms with Crippen molar-refractivity contribution in [3.63, 3.8) is 0 Å². The van der Waals surface area contributed by atoms with Gasteiger partial charge in [-0.25, -0.2) is 9.67 Å². The largest absolute Gasteiger partial charge is 0.356 e. The highest BCUT2D eigenvalue weighted by atomic mass is 35.5. The van der Waals surface area contributed by atoms with Crippen LogP contribution in [0.15, 0.2) is 55.1 Å². The van der Waals surface area contributed by atoms with E-state index in [2.05, 4.69) is 20.4 Å². The summed E-state index contributed by atoms with van der Waals surface area (Å²) in [6.07, 6.45) is 3.12. The van der Waals surface area contributed by atoms with Crippen LogP contribution in [0.1, 0.15) is 5.56 Å². The summed E-state index contributed by atoms with van der Waals surface area (Å²) >= 11 is 6.10. The second kappa shape index (κ2) is 5.69. The van der Waals surface area contributed by atoms with Gasteiger partial charge >= 0.3 is 0 Å². The second-order valence-corrected chi connectivity index (χ2v) is 5.32. The Hall–Kier alpha value is -2.93. The predicted molar refractivity (Wildman–Crippen MR) is 84.1 cm³/mol. The zero-order chi connectivity index (χ0) is 15.6. The molecule has 0 saturated carbocycles. The number of rotatable bonds is 4. The third-order valence-electron chi connectivity index (χ3n) is 3.33. The molecule has 0 spiro atoms. The average Bonchev–Trinajstić information content (AvgIpc) is 3.20. The predicted octanol–water partition coefficient (Wildman–Crippen LogP) is 2.57. The van der Waals surface area contributed by atoms with Gasteiger partial charge in [0.15, 0.2) is 5.75 Å². The van der Waals surface area contributed by atoms with Crippen LogP contribution in [0.25, 0.3) is 11.0 Å². The number of para-hydroxylation sites is 1. The number of hydrogen-bond acceptors (Lipinski definition) is 5. The van der Waals surface area contributed by atoms with E-state index < -0.39 is 0 Å². The summed E-state index contributed by atoms with van der Waals surface area (Å²) in [5, 5.41) is 12.8. The van der Waals surface area contributed by atoms with E-state index in [9.17, 15) is 0 Å². The van der Waals surface area contributed by atoms with E-state index in [4.69, 9.17) is 16.4 Å². The monoisotopic (exact) mass is 326 g/mol. The summed E-state index contributed by atoms with van der Waals surface area (Å²) in [5.74, 6) is 0.626. The Balaban J connectivity index is 1.71. The van der Waals surface area contributed by atoms with Crippen LogP contribution in [-0.4, -0.2) is 29.9 Å². The fourth-order valence-corrected chi connectivity index (χ4v) is 2.45. The number of nitrogens with zero attached hydrogens (tertiary/aromatic N) is 6. The number of fused-ring (bicyclic) bond motifs is 1. The first-order valence-electron chi connectivity index (χ1n) is 6.89. The van der Waals surface area contributed by atoms with Gasteiger partial charge in [0, 0.05) is 10.6 Å². The van der Waals surface area contributed by atoms with Gasteiger partial charge in [0.1, 0.15) is 23.7 Å². The van der Waals surface area contributed by atoms with Crippen molar-refractivity contribution in [1.82, 2.24) is 29.9 Å². The van der Waals surface area contributed by atoms with Gasteiger partial charge in [-0.1, -0.05) is 28.6 Å². The minimum absolute atomic E-state index is 0.489. The molecule has 0 N–H and O–H groups in total. The molecule has 2 aromatic carbocycles. The van der Waals surface area contributed by atoms with Gasteiger partial charge in [0.05, 0.1) is 6.54 Å². The lowest BCUT2D eigenvalue weighted by Gasteiger charge is -2.11. The number of hydrogen-bond donors (Lipinski definition) is 0. The van der Waals surface area contributed by atoms with Gasteiger partial charge in [0.2, 0.25) is 0 Å². The van der Waals surface area contributed by atoms with Crippen LogP contribution in [0.2, 0.25) is 5.02 Å². The van der Waals surface area contributed by atoms with E-state index in [1.54, 1.807) is 23.1 Å². The topological polar surface area (TPSA) is 70.7 Å². The van der Waals surface area contributed by atoms with Gasteiger partial charge in [-0.05, 0) is 35.5 Å². The standard InChI is InChI=1S/C15H11ClN6O/c16-12-5-6-15(11(7-12)8-21-10-17-9-18-21)23-22-14-4-2-1-3-13(14)19-20-22/h1-7,9-10H,8H2. The molecular formula is C15H11ClN6O. The average molecular weight is 327 g/mol. The van der Waals surface area contributed by atoms with Crippen molar-refractivity contribution in [2.45, 2.75) is 6.54 Å². The van der Waals surface area contributed by atoms with E-state index in [1.807, 2.05) is 30.3 Å². The van der Waals surface area contributed by atoms with E-state index in [0.29, 0.717) is 17.3 Å². The van der Waals surface area contributed by atoms with E-state index >= 15 is 0 Å².